The third-order valence-electron chi connectivity index (χ3n) is 6.65. The van der Waals surface area contributed by atoms with Crippen molar-refractivity contribution in [1.82, 2.24) is 5.32 Å². The number of carbonyl (C=O) groups is 2. The van der Waals surface area contributed by atoms with Crippen molar-refractivity contribution in [2.75, 3.05) is 32.3 Å². The van der Waals surface area contributed by atoms with Crippen LogP contribution in [-0.4, -0.2) is 59.9 Å². The lowest BCUT2D eigenvalue weighted by atomic mass is 9.75. The smallest absolute Gasteiger partial charge is 0.221 e. The SMILES string of the molecule is COCC(C=O)(CC(=O)NC(CO)CCS(C)=O)C1=C(C)/C(=C/c2ccc(C)cc2)c2ccc(F)cc21. The summed E-state index contributed by atoms with van der Waals surface area (Å²) in [6.45, 7) is 3.46. The van der Waals surface area contributed by atoms with E-state index in [0.29, 0.717) is 29.6 Å². The average molecular weight is 528 g/mol. The van der Waals surface area contributed by atoms with Gasteiger partial charge in [0, 0.05) is 36.3 Å². The van der Waals surface area contributed by atoms with Crippen molar-refractivity contribution in [2.45, 2.75) is 32.7 Å². The molecule has 0 bridgehead atoms. The van der Waals surface area contributed by atoms with Crippen LogP contribution >= 0.6 is 0 Å². The Morgan fingerprint density at radius 2 is 1.89 bits per heavy atom. The molecule has 2 aromatic rings. The predicted molar refractivity (Wildman–Crippen MR) is 146 cm³/mol. The molecule has 0 radical (unpaired) electrons. The molecule has 3 unspecified atom stereocenters. The number of methoxy groups -OCH3 is 1. The third-order valence-corrected chi connectivity index (χ3v) is 7.46. The second kappa shape index (κ2) is 12.5. The Balaban J connectivity index is 2.07. The number of allylic oxidation sites excluding steroid dienone is 2. The van der Waals surface area contributed by atoms with Crippen LogP contribution in [0, 0.1) is 18.2 Å². The van der Waals surface area contributed by atoms with Gasteiger partial charge in [-0.2, -0.15) is 0 Å². The molecule has 1 amide bonds. The first-order valence-corrected chi connectivity index (χ1v) is 13.8. The van der Waals surface area contributed by atoms with Crippen molar-refractivity contribution < 1.29 is 28.0 Å². The zero-order valence-corrected chi connectivity index (χ0v) is 22.5. The predicted octanol–water partition coefficient (Wildman–Crippen LogP) is 3.93. The molecule has 1 aliphatic rings. The van der Waals surface area contributed by atoms with Crippen molar-refractivity contribution in [1.29, 1.82) is 0 Å². The minimum absolute atomic E-state index is 0.0902. The molecule has 3 rings (SSSR count). The first-order valence-electron chi connectivity index (χ1n) is 12.1. The molecule has 2 aromatic carbocycles. The van der Waals surface area contributed by atoms with Crippen molar-refractivity contribution >= 4 is 40.2 Å². The van der Waals surface area contributed by atoms with E-state index in [2.05, 4.69) is 5.32 Å². The van der Waals surface area contributed by atoms with Gasteiger partial charge in [0.05, 0.1) is 24.7 Å². The zero-order chi connectivity index (χ0) is 27.2. The van der Waals surface area contributed by atoms with Crippen LogP contribution in [0.25, 0.3) is 17.2 Å². The van der Waals surface area contributed by atoms with E-state index in [-0.39, 0.29) is 19.6 Å². The molecule has 0 fully saturated rings. The molecule has 6 nitrogen and oxygen atoms in total. The maximum Gasteiger partial charge on any atom is 0.221 e. The lowest BCUT2D eigenvalue weighted by molar-refractivity contribution is -0.128. The first-order chi connectivity index (χ1) is 17.6. The lowest BCUT2D eigenvalue weighted by Crippen LogP contribution is -2.43. The number of nitrogens with one attached hydrogen (secondary N) is 1. The number of carbonyl (C=O) groups excluding carboxylic acids is 2. The quantitative estimate of drug-likeness (QED) is 0.408. The van der Waals surface area contributed by atoms with Crippen molar-refractivity contribution in [3.05, 3.63) is 76.1 Å². The van der Waals surface area contributed by atoms with Gasteiger partial charge in [0.25, 0.3) is 0 Å². The molecule has 0 saturated carbocycles. The van der Waals surface area contributed by atoms with Crippen LogP contribution in [0.4, 0.5) is 4.39 Å². The van der Waals surface area contributed by atoms with Gasteiger partial charge in [-0.05, 0) is 71.9 Å². The highest BCUT2D eigenvalue weighted by atomic mass is 32.2. The van der Waals surface area contributed by atoms with Gasteiger partial charge in [-0.15, -0.1) is 0 Å². The number of amides is 1. The first kappa shape index (κ1) is 28.6. The molecule has 0 saturated heterocycles. The molecular weight excluding hydrogens is 493 g/mol. The van der Waals surface area contributed by atoms with Crippen molar-refractivity contribution in [3.63, 3.8) is 0 Å². The van der Waals surface area contributed by atoms with E-state index >= 15 is 0 Å². The summed E-state index contributed by atoms with van der Waals surface area (Å²) in [7, 11) is 0.378. The second-order valence-electron chi connectivity index (χ2n) is 9.56. The average Bonchev–Trinajstić information content (AvgIpc) is 3.13. The topological polar surface area (TPSA) is 92.7 Å². The fourth-order valence-corrected chi connectivity index (χ4v) is 5.46. The fraction of sp³-hybridized carbons (Fsp3) is 0.379. The molecular formula is C29H34FNO5S. The summed E-state index contributed by atoms with van der Waals surface area (Å²) in [5, 5.41) is 12.4. The van der Waals surface area contributed by atoms with Crippen LogP contribution in [-0.2, 0) is 25.1 Å². The summed E-state index contributed by atoms with van der Waals surface area (Å²) in [4.78, 5) is 25.9. The van der Waals surface area contributed by atoms with Gasteiger partial charge >= 0.3 is 0 Å². The fourth-order valence-electron chi connectivity index (χ4n) is 4.84. The van der Waals surface area contributed by atoms with E-state index in [9.17, 15) is 23.3 Å². The van der Waals surface area contributed by atoms with Crippen LogP contribution in [0.3, 0.4) is 0 Å². The Hall–Kier alpha value is -2.94. The van der Waals surface area contributed by atoms with E-state index < -0.39 is 34.0 Å². The summed E-state index contributed by atoms with van der Waals surface area (Å²) < 4.78 is 31.4. The van der Waals surface area contributed by atoms with Crippen LogP contribution in [0.15, 0.2) is 48.0 Å². The number of aliphatic hydroxyl groups is 1. The molecule has 0 spiro atoms. The Bertz CT molecular complexity index is 1240. The maximum absolute atomic E-state index is 14.5. The van der Waals surface area contributed by atoms with Crippen molar-refractivity contribution in [3.8, 4) is 0 Å². The normalized spacial score (nSPS) is 17.3. The van der Waals surface area contributed by atoms with Gasteiger partial charge < -0.3 is 20.0 Å². The second-order valence-corrected chi connectivity index (χ2v) is 11.1. The summed E-state index contributed by atoms with van der Waals surface area (Å²) in [6.07, 6.45) is 4.33. The molecule has 1 aliphatic carbocycles. The number of ether oxygens (including phenoxy) is 1. The molecule has 0 aliphatic heterocycles. The maximum atomic E-state index is 14.5. The van der Waals surface area contributed by atoms with Gasteiger partial charge in [0.1, 0.15) is 12.1 Å². The van der Waals surface area contributed by atoms with Gasteiger partial charge in [-0.1, -0.05) is 35.9 Å². The molecule has 8 heteroatoms. The van der Waals surface area contributed by atoms with Gasteiger partial charge in [0.15, 0.2) is 0 Å². The van der Waals surface area contributed by atoms with Gasteiger partial charge in [0.2, 0.25) is 5.91 Å². The van der Waals surface area contributed by atoms with Crippen LogP contribution in [0.2, 0.25) is 0 Å². The summed E-state index contributed by atoms with van der Waals surface area (Å²) >= 11 is 0. The third kappa shape index (κ3) is 6.69. The Labute approximate surface area is 220 Å². The highest BCUT2D eigenvalue weighted by Gasteiger charge is 2.43. The Kier molecular flexibility index (Phi) is 9.70. The van der Waals surface area contributed by atoms with E-state index in [1.54, 1.807) is 12.3 Å². The number of hydrogen-bond acceptors (Lipinski definition) is 5. The standard InChI is InChI=1S/C29H34FNO5S/c1-19-5-7-21(8-6-19)13-25-20(2)28(26-14-22(30)9-10-24(25)26)29(17-33,18-36-3)15-27(34)31-23(16-32)11-12-37(4)35/h5-10,13-14,17,23,32H,11-12,15-16,18H2,1-4H3,(H,31,34)/b25-13-. The minimum atomic E-state index is -1.39. The molecule has 0 aromatic heterocycles. The molecule has 2 N–H and O–H groups in total. The van der Waals surface area contributed by atoms with E-state index in [1.807, 2.05) is 44.2 Å². The number of benzene rings is 2. The van der Waals surface area contributed by atoms with E-state index in [4.69, 9.17) is 4.74 Å². The van der Waals surface area contributed by atoms with E-state index in [1.165, 1.54) is 19.2 Å². The van der Waals surface area contributed by atoms with Crippen molar-refractivity contribution in [2.24, 2.45) is 5.41 Å². The van der Waals surface area contributed by atoms with E-state index in [0.717, 1.165) is 27.8 Å². The number of aryl methyl sites for hydroxylation is 1. The highest BCUT2D eigenvalue weighted by Crippen LogP contribution is 2.51. The molecule has 0 heterocycles. The molecule has 3 atom stereocenters. The number of hydrogen-bond donors (Lipinski definition) is 2. The lowest BCUT2D eigenvalue weighted by Gasteiger charge is -2.30. The number of aliphatic hydroxyl groups excluding tert-OH is 1. The van der Waals surface area contributed by atoms with Crippen LogP contribution in [0.5, 0.6) is 0 Å². The monoisotopic (exact) mass is 527 g/mol. The van der Waals surface area contributed by atoms with Crippen LogP contribution in [0.1, 0.15) is 42.0 Å². The Morgan fingerprint density at radius 1 is 1.19 bits per heavy atom. The van der Waals surface area contributed by atoms with Crippen LogP contribution < -0.4 is 5.32 Å². The molecule has 37 heavy (non-hydrogen) atoms. The number of rotatable bonds is 12. The largest absolute Gasteiger partial charge is 0.394 e. The zero-order valence-electron chi connectivity index (χ0n) is 21.7. The minimum Gasteiger partial charge on any atom is -0.394 e. The van der Waals surface area contributed by atoms with Gasteiger partial charge in [-0.25, -0.2) is 4.39 Å². The van der Waals surface area contributed by atoms with Gasteiger partial charge in [-0.3, -0.25) is 9.00 Å². The number of halogens is 1. The Morgan fingerprint density at radius 3 is 2.49 bits per heavy atom. The summed E-state index contributed by atoms with van der Waals surface area (Å²) in [5.41, 5.74) is 4.17. The highest BCUT2D eigenvalue weighted by molar-refractivity contribution is 7.84. The molecule has 198 valence electrons. The number of fused-ring (bicyclic) bond motifs is 1. The summed E-state index contributed by atoms with van der Waals surface area (Å²) in [5.74, 6) is -0.582. The summed E-state index contributed by atoms with van der Waals surface area (Å²) in [6, 6.07) is 11.9. The number of aldehydes is 1.